The zero-order valence-corrected chi connectivity index (χ0v) is 8.18. The normalized spacial score (nSPS) is 37.1. The number of methoxy groups -OCH3 is 1. The molecule has 0 aromatic carbocycles. The first kappa shape index (κ1) is 9.05. The molecule has 0 bridgehead atoms. The highest BCUT2D eigenvalue weighted by molar-refractivity contribution is 4.84. The van der Waals surface area contributed by atoms with Gasteiger partial charge in [-0.1, -0.05) is 20.8 Å². The van der Waals surface area contributed by atoms with E-state index in [0.29, 0.717) is 11.5 Å². The van der Waals surface area contributed by atoms with E-state index in [9.17, 15) is 0 Å². The molecule has 0 saturated heterocycles. The average Bonchev–Trinajstić information content (AvgIpc) is 1.95. The number of ether oxygens (including phenoxy) is 1. The maximum atomic E-state index is 5.35. The van der Waals surface area contributed by atoms with Crippen molar-refractivity contribution in [3.8, 4) is 0 Å². The first-order chi connectivity index (χ1) is 5.06. The average molecular weight is 156 g/mol. The lowest BCUT2D eigenvalue weighted by Crippen LogP contribution is -2.33. The van der Waals surface area contributed by atoms with Gasteiger partial charge >= 0.3 is 0 Å². The predicted octanol–water partition coefficient (Wildman–Crippen LogP) is 2.85. The minimum Gasteiger partial charge on any atom is -0.381 e. The summed E-state index contributed by atoms with van der Waals surface area (Å²) in [5.74, 6) is 0.807. The molecule has 1 aliphatic carbocycles. The lowest BCUT2D eigenvalue weighted by Gasteiger charge is -2.39. The van der Waals surface area contributed by atoms with Crippen molar-refractivity contribution in [3.05, 3.63) is 0 Å². The van der Waals surface area contributed by atoms with Crippen LogP contribution in [0.15, 0.2) is 0 Å². The highest BCUT2D eigenvalue weighted by Crippen LogP contribution is 2.40. The van der Waals surface area contributed by atoms with Gasteiger partial charge in [-0.2, -0.15) is 0 Å². The van der Waals surface area contributed by atoms with E-state index in [1.807, 2.05) is 7.11 Å². The van der Waals surface area contributed by atoms with Crippen LogP contribution < -0.4 is 0 Å². The molecule has 0 amide bonds. The third-order valence-electron chi connectivity index (χ3n) is 3.39. The van der Waals surface area contributed by atoms with E-state index in [1.165, 1.54) is 19.3 Å². The molecule has 1 fully saturated rings. The molecule has 11 heavy (non-hydrogen) atoms. The summed E-state index contributed by atoms with van der Waals surface area (Å²) in [6.45, 7) is 7.07. The van der Waals surface area contributed by atoms with Gasteiger partial charge < -0.3 is 4.74 Å². The van der Waals surface area contributed by atoms with Gasteiger partial charge in [-0.05, 0) is 30.6 Å². The largest absolute Gasteiger partial charge is 0.381 e. The summed E-state index contributed by atoms with van der Waals surface area (Å²) in [5, 5.41) is 0. The fourth-order valence-electron chi connectivity index (χ4n) is 1.82. The SMILES string of the molecule is CO[C@H]1CCC(C)(C)C(C)C1. The monoisotopic (exact) mass is 156 g/mol. The molecule has 0 aromatic rings. The molecule has 1 heteroatoms. The van der Waals surface area contributed by atoms with Crippen LogP contribution >= 0.6 is 0 Å². The molecule has 1 unspecified atom stereocenters. The second-order valence-electron chi connectivity index (χ2n) is 4.52. The maximum Gasteiger partial charge on any atom is 0.0574 e. The molecule has 66 valence electrons. The summed E-state index contributed by atoms with van der Waals surface area (Å²) in [6.07, 6.45) is 4.32. The second kappa shape index (κ2) is 3.14. The molecule has 0 spiro atoms. The summed E-state index contributed by atoms with van der Waals surface area (Å²) in [5.41, 5.74) is 0.537. The third kappa shape index (κ3) is 1.96. The molecular formula is C10H20O. The highest BCUT2D eigenvalue weighted by atomic mass is 16.5. The van der Waals surface area contributed by atoms with Crippen molar-refractivity contribution < 1.29 is 4.74 Å². The van der Waals surface area contributed by atoms with E-state index in [1.54, 1.807) is 0 Å². The molecule has 0 radical (unpaired) electrons. The van der Waals surface area contributed by atoms with Crippen molar-refractivity contribution in [1.29, 1.82) is 0 Å². The van der Waals surface area contributed by atoms with Crippen LogP contribution in [0.4, 0.5) is 0 Å². The molecule has 0 N–H and O–H groups in total. The smallest absolute Gasteiger partial charge is 0.0574 e. The molecule has 1 aliphatic rings. The fraction of sp³-hybridized carbons (Fsp3) is 1.00. The topological polar surface area (TPSA) is 9.23 Å². The van der Waals surface area contributed by atoms with Gasteiger partial charge in [0.2, 0.25) is 0 Å². The van der Waals surface area contributed by atoms with Gasteiger partial charge in [-0.3, -0.25) is 0 Å². The Morgan fingerprint density at radius 3 is 2.45 bits per heavy atom. The van der Waals surface area contributed by atoms with E-state index in [-0.39, 0.29) is 0 Å². The number of hydrogen-bond acceptors (Lipinski definition) is 1. The molecule has 0 aromatic heterocycles. The molecule has 1 saturated carbocycles. The molecule has 0 heterocycles. The Balaban J connectivity index is 2.48. The molecule has 1 rings (SSSR count). The van der Waals surface area contributed by atoms with Gasteiger partial charge in [0.05, 0.1) is 6.10 Å². The van der Waals surface area contributed by atoms with Crippen LogP contribution in [0.5, 0.6) is 0 Å². The minimum absolute atomic E-state index is 0.526. The van der Waals surface area contributed by atoms with Crippen LogP contribution in [0.1, 0.15) is 40.0 Å². The zero-order chi connectivity index (χ0) is 8.48. The van der Waals surface area contributed by atoms with E-state index >= 15 is 0 Å². The van der Waals surface area contributed by atoms with Crippen LogP contribution in [0.3, 0.4) is 0 Å². The first-order valence-electron chi connectivity index (χ1n) is 4.59. The van der Waals surface area contributed by atoms with Gasteiger partial charge in [-0.15, -0.1) is 0 Å². The van der Waals surface area contributed by atoms with Gasteiger partial charge in [-0.25, -0.2) is 0 Å². The van der Waals surface area contributed by atoms with Gasteiger partial charge in [0.15, 0.2) is 0 Å². The van der Waals surface area contributed by atoms with E-state index < -0.39 is 0 Å². The quantitative estimate of drug-likeness (QED) is 0.567. The van der Waals surface area contributed by atoms with Gasteiger partial charge in [0.1, 0.15) is 0 Å². The molecular weight excluding hydrogens is 136 g/mol. The van der Waals surface area contributed by atoms with Crippen LogP contribution in [0.2, 0.25) is 0 Å². The Morgan fingerprint density at radius 2 is 2.00 bits per heavy atom. The van der Waals surface area contributed by atoms with Crippen molar-refractivity contribution in [2.45, 2.75) is 46.1 Å². The first-order valence-corrected chi connectivity index (χ1v) is 4.59. The Kier molecular flexibility index (Phi) is 2.58. The Hall–Kier alpha value is -0.0400. The van der Waals surface area contributed by atoms with Crippen LogP contribution in [-0.2, 0) is 4.74 Å². The van der Waals surface area contributed by atoms with E-state index in [4.69, 9.17) is 4.74 Å². The Bertz CT molecular complexity index is 129. The van der Waals surface area contributed by atoms with Gasteiger partial charge in [0, 0.05) is 7.11 Å². The minimum atomic E-state index is 0.526. The lowest BCUT2D eigenvalue weighted by molar-refractivity contribution is 0.00577. The predicted molar refractivity (Wildman–Crippen MR) is 47.6 cm³/mol. The van der Waals surface area contributed by atoms with E-state index in [0.717, 1.165) is 5.92 Å². The Morgan fingerprint density at radius 1 is 1.36 bits per heavy atom. The molecule has 2 atom stereocenters. The number of hydrogen-bond donors (Lipinski definition) is 0. The third-order valence-corrected chi connectivity index (χ3v) is 3.39. The summed E-state index contributed by atoms with van der Waals surface area (Å²) in [6, 6.07) is 0. The van der Waals surface area contributed by atoms with Crippen molar-refractivity contribution >= 4 is 0 Å². The van der Waals surface area contributed by atoms with Crippen LogP contribution in [0, 0.1) is 11.3 Å². The summed E-state index contributed by atoms with van der Waals surface area (Å²) < 4.78 is 5.35. The highest BCUT2D eigenvalue weighted by Gasteiger charge is 2.33. The standard InChI is InChI=1S/C10H20O/c1-8-7-9(11-4)5-6-10(8,2)3/h8-9H,5-7H2,1-4H3/t8?,9-/m0/s1. The molecule has 1 nitrogen and oxygen atoms in total. The summed E-state index contributed by atoms with van der Waals surface area (Å²) in [7, 11) is 1.83. The van der Waals surface area contributed by atoms with Crippen molar-refractivity contribution in [3.63, 3.8) is 0 Å². The van der Waals surface area contributed by atoms with Crippen molar-refractivity contribution in [1.82, 2.24) is 0 Å². The summed E-state index contributed by atoms with van der Waals surface area (Å²) in [4.78, 5) is 0. The summed E-state index contributed by atoms with van der Waals surface area (Å²) >= 11 is 0. The fourth-order valence-corrected chi connectivity index (χ4v) is 1.82. The second-order valence-corrected chi connectivity index (χ2v) is 4.52. The van der Waals surface area contributed by atoms with Gasteiger partial charge in [0.25, 0.3) is 0 Å². The van der Waals surface area contributed by atoms with Crippen molar-refractivity contribution in [2.75, 3.05) is 7.11 Å². The number of rotatable bonds is 1. The van der Waals surface area contributed by atoms with E-state index in [2.05, 4.69) is 20.8 Å². The van der Waals surface area contributed by atoms with Crippen LogP contribution in [0.25, 0.3) is 0 Å². The lowest BCUT2D eigenvalue weighted by atomic mass is 9.69. The molecule has 0 aliphatic heterocycles. The van der Waals surface area contributed by atoms with Crippen molar-refractivity contribution in [2.24, 2.45) is 11.3 Å². The maximum absolute atomic E-state index is 5.35. The zero-order valence-electron chi connectivity index (χ0n) is 8.18. The Labute approximate surface area is 70.1 Å². The van der Waals surface area contributed by atoms with Crippen LogP contribution in [-0.4, -0.2) is 13.2 Å².